The lowest BCUT2D eigenvalue weighted by Gasteiger charge is -2.37. The summed E-state index contributed by atoms with van der Waals surface area (Å²) in [6.45, 7) is 3.36. The van der Waals surface area contributed by atoms with Crippen molar-refractivity contribution in [1.82, 2.24) is 4.31 Å². The van der Waals surface area contributed by atoms with Crippen LogP contribution in [0.4, 0.5) is 8.78 Å². The van der Waals surface area contributed by atoms with Crippen LogP contribution in [0.5, 0.6) is 0 Å². The monoisotopic (exact) mass is 367 g/mol. The van der Waals surface area contributed by atoms with Gasteiger partial charge in [0.05, 0.1) is 16.8 Å². The van der Waals surface area contributed by atoms with Crippen molar-refractivity contribution in [3.63, 3.8) is 0 Å². The maximum atomic E-state index is 13.1. The summed E-state index contributed by atoms with van der Waals surface area (Å²) in [6, 6.07) is 2.56. The largest absolute Gasteiger partial charge is 0.228 e. The molecule has 5 nitrogen and oxygen atoms in total. The molecule has 1 aromatic rings. The summed E-state index contributed by atoms with van der Waals surface area (Å²) in [5, 5.41) is -0.705. The van der Waals surface area contributed by atoms with Crippen molar-refractivity contribution in [2.45, 2.75) is 24.9 Å². The van der Waals surface area contributed by atoms with Gasteiger partial charge in [-0.15, -0.1) is 0 Å². The number of hydrogen-bond donors (Lipinski definition) is 0. The molecule has 130 valence electrons. The van der Waals surface area contributed by atoms with Gasteiger partial charge in [-0.2, -0.15) is 4.31 Å². The lowest BCUT2D eigenvalue weighted by atomic mass is 10.2. The molecule has 1 heterocycles. The van der Waals surface area contributed by atoms with Crippen LogP contribution in [0.1, 0.15) is 19.4 Å². The van der Waals surface area contributed by atoms with Crippen molar-refractivity contribution in [2.24, 2.45) is 5.92 Å². The molecule has 1 aliphatic rings. The van der Waals surface area contributed by atoms with Crippen molar-refractivity contribution >= 4 is 19.9 Å². The lowest BCUT2D eigenvalue weighted by molar-refractivity contribution is 0.308. The van der Waals surface area contributed by atoms with Crippen LogP contribution >= 0.6 is 0 Å². The second-order valence-electron chi connectivity index (χ2n) is 6.20. The van der Waals surface area contributed by atoms with E-state index in [2.05, 4.69) is 0 Å². The molecule has 0 N–H and O–H groups in total. The minimum Gasteiger partial charge on any atom is -0.228 e. The van der Waals surface area contributed by atoms with E-state index in [1.807, 2.05) is 0 Å². The Hall–Kier alpha value is -1.06. The van der Waals surface area contributed by atoms with Crippen LogP contribution in [0.2, 0.25) is 0 Å². The molecule has 0 unspecified atom stereocenters. The molecule has 0 bridgehead atoms. The minimum absolute atomic E-state index is 0.00372. The third kappa shape index (κ3) is 4.48. The first-order valence-electron chi connectivity index (χ1n) is 7.14. The summed E-state index contributed by atoms with van der Waals surface area (Å²) in [6.07, 6.45) is 0. The second kappa shape index (κ2) is 6.45. The van der Waals surface area contributed by atoms with Crippen LogP contribution in [0.3, 0.4) is 0 Å². The standard InChI is InChI=1S/C14H19F2NO4S2/c1-10(2)8-22(18,19)14-6-17(7-14)23(20,21)9-11-3-12(15)5-13(16)4-11/h3-5,10,14H,6-9H2,1-2H3. The van der Waals surface area contributed by atoms with E-state index in [1.54, 1.807) is 13.8 Å². The zero-order chi connectivity index (χ0) is 17.4. The molecular formula is C14H19F2NO4S2. The first kappa shape index (κ1) is 18.3. The Bertz CT molecular complexity index is 765. The van der Waals surface area contributed by atoms with Gasteiger partial charge in [-0.25, -0.2) is 25.6 Å². The van der Waals surface area contributed by atoms with Gasteiger partial charge < -0.3 is 0 Å². The number of halogens is 2. The van der Waals surface area contributed by atoms with Gasteiger partial charge >= 0.3 is 0 Å². The maximum absolute atomic E-state index is 13.1. The van der Waals surface area contributed by atoms with Gasteiger partial charge in [-0.1, -0.05) is 13.8 Å². The van der Waals surface area contributed by atoms with Crippen LogP contribution in [0.25, 0.3) is 0 Å². The van der Waals surface area contributed by atoms with E-state index in [0.717, 1.165) is 16.4 Å². The van der Waals surface area contributed by atoms with E-state index in [9.17, 15) is 25.6 Å². The molecule has 9 heteroatoms. The van der Waals surface area contributed by atoms with Crippen LogP contribution in [-0.2, 0) is 25.6 Å². The molecule has 0 atom stereocenters. The van der Waals surface area contributed by atoms with Gasteiger partial charge in [0.2, 0.25) is 10.0 Å². The molecule has 1 aliphatic heterocycles. The van der Waals surface area contributed by atoms with E-state index in [4.69, 9.17) is 0 Å². The van der Waals surface area contributed by atoms with E-state index in [0.29, 0.717) is 6.07 Å². The van der Waals surface area contributed by atoms with Gasteiger partial charge in [0.1, 0.15) is 11.6 Å². The third-order valence-corrected chi connectivity index (χ3v) is 7.78. The number of rotatable bonds is 6. The molecule has 0 amide bonds. The number of benzene rings is 1. The van der Waals surface area contributed by atoms with Crippen molar-refractivity contribution in [3.8, 4) is 0 Å². The number of hydrogen-bond acceptors (Lipinski definition) is 4. The highest BCUT2D eigenvalue weighted by Crippen LogP contribution is 2.24. The minimum atomic E-state index is -3.80. The SMILES string of the molecule is CC(C)CS(=O)(=O)C1CN(S(=O)(=O)Cc2cc(F)cc(F)c2)C1. The zero-order valence-electron chi connectivity index (χ0n) is 12.9. The van der Waals surface area contributed by atoms with Gasteiger partial charge in [0, 0.05) is 19.2 Å². The van der Waals surface area contributed by atoms with Crippen LogP contribution in [-0.4, -0.2) is 45.2 Å². The smallest absolute Gasteiger partial charge is 0.218 e. The molecular weight excluding hydrogens is 348 g/mol. The normalized spacial score (nSPS) is 17.4. The average Bonchev–Trinajstić information content (AvgIpc) is 2.19. The van der Waals surface area contributed by atoms with E-state index in [-0.39, 0.29) is 30.3 Å². The Morgan fingerprint density at radius 2 is 1.61 bits per heavy atom. The molecule has 0 saturated carbocycles. The summed E-state index contributed by atoms with van der Waals surface area (Å²) in [4.78, 5) is 0. The fraction of sp³-hybridized carbons (Fsp3) is 0.571. The van der Waals surface area contributed by atoms with Crippen molar-refractivity contribution in [3.05, 3.63) is 35.4 Å². The first-order valence-corrected chi connectivity index (χ1v) is 10.5. The van der Waals surface area contributed by atoms with E-state index >= 15 is 0 Å². The Labute approximate surface area is 135 Å². The zero-order valence-corrected chi connectivity index (χ0v) is 14.5. The third-order valence-electron chi connectivity index (χ3n) is 3.55. The highest BCUT2D eigenvalue weighted by atomic mass is 32.2. The predicted molar refractivity (Wildman–Crippen MR) is 83.0 cm³/mol. The molecule has 1 fully saturated rings. The Morgan fingerprint density at radius 1 is 1.09 bits per heavy atom. The van der Waals surface area contributed by atoms with Crippen molar-refractivity contribution < 1.29 is 25.6 Å². The predicted octanol–water partition coefficient (Wildman–Crippen LogP) is 1.55. The number of nitrogens with zero attached hydrogens (tertiary/aromatic N) is 1. The van der Waals surface area contributed by atoms with Crippen LogP contribution < -0.4 is 0 Å². The summed E-state index contributed by atoms with van der Waals surface area (Å²) >= 11 is 0. The molecule has 0 radical (unpaired) electrons. The Morgan fingerprint density at radius 3 is 2.09 bits per heavy atom. The van der Waals surface area contributed by atoms with E-state index in [1.165, 1.54) is 0 Å². The van der Waals surface area contributed by atoms with Gasteiger partial charge in [0.25, 0.3) is 0 Å². The number of sulfonamides is 1. The van der Waals surface area contributed by atoms with Crippen molar-refractivity contribution in [1.29, 1.82) is 0 Å². The number of sulfone groups is 1. The Balaban J connectivity index is 2.03. The molecule has 1 saturated heterocycles. The van der Waals surface area contributed by atoms with E-state index < -0.39 is 42.5 Å². The van der Waals surface area contributed by atoms with Crippen LogP contribution in [0.15, 0.2) is 18.2 Å². The molecule has 23 heavy (non-hydrogen) atoms. The highest BCUT2D eigenvalue weighted by Gasteiger charge is 2.42. The molecule has 2 rings (SSSR count). The topological polar surface area (TPSA) is 71.5 Å². The Kier molecular flexibility index (Phi) is 5.12. The highest BCUT2D eigenvalue weighted by molar-refractivity contribution is 7.92. The molecule has 0 spiro atoms. The molecule has 0 aromatic heterocycles. The molecule has 0 aliphatic carbocycles. The maximum Gasteiger partial charge on any atom is 0.218 e. The van der Waals surface area contributed by atoms with Crippen molar-refractivity contribution in [2.75, 3.05) is 18.8 Å². The molecule has 1 aromatic carbocycles. The van der Waals surface area contributed by atoms with Gasteiger partial charge in [-0.3, -0.25) is 0 Å². The van der Waals surface area contributed by atoms with Gasteiger partial charge in [0.15, 0.2) is 9.84 Å². The van der Waals surface area contributed by atoms with Crippen LogP contribution in [0, 0.1) is 17.6 Å². The summed E-state index contributed by atoms with van der Waals surface area (Å²) in [7, 11) is -7.12. The quantitative estimate of drug-likeness (QED) is 0.765. The first-order chi connectivity index (χ1) is 10.5. The average molecular weight is 367 g/mol. The fourth-order valence-corrected chi connectivity index (χ4v) is 6.24. The van der Waals surface area contributed by atoms with Gasteiger partial charge in [-0.05, 0) is 23.6 Å². The lowest BCUT2D eigenvalue weighted by Crippen LogP contribution is -2.57. The summed E-state index contributed by atoms with van der Waals surface area (Å²) in [5.41, 5.74) is -0.00372. The fourth-order valence-electron chi connectivity index (χ4n) is 2.45. The summed E-state index contributed by atoms with van der Waals surface area (Å²) in [5.74, 6) is -2.27. The summed E-state index contributed by atoms with van der Waals surface area (Å²) < 4.78 is 75.7. The second-order valence-corrected chi connectivity index (χ2v) is 10.5.